The number of nitrogens with zero attached hydrogens (tertiary/aromatic N) is 3. The van der Waals surface area contributed by atoms with Gasteiger partial charge in [0.1, 0.15) is 0 Å². The Kier molecular flexibility index (Phi) is 12.5. The predicted octanol–water partition coefficient (Wildman–Crippen LogP) is 7.01. The normalized spacial score (nSPS) is 16.5. The van der Waals surface area contributed by atoms with E-state index in [2.05, 4.69) is 17.3 Å². The Hall–Kier alpha value is -2.84. The summed E-state index contributed by atoms with van der Waals surface area (Å²) in [6.07, 6.45) is 13.1. The van der Waals surface area contributed by atoms with E-state index in [4.69, 9.17) is 0 Å². The summed E-state index contributed by atoms with van der Waals surface area (Å²) in [5.41, 5.74) is 2.58. The van der Waals surface area contributed by atoms with E-state index in [-0.39, 0.29) is 28.6 Å². The molecule has 0 unspecified atom stereocenters. The summed E-state index contributed by atoms with van der Waals surface area (Å²) in [4.78, 5) is 22.7. The Bertz CT molecular complexity index is 922. The number of nitrogens with one attached hydrogen (secondary N) is 1. The highest BCUT2D eigenvalue weighted by molar-refractivity contribution is 5.33. The summed E-state index contributed by atoms with van der Waals surface area (Å²) in [6, 6.07) is 15.0. The van der Waals surface area contributed by atoms with Crippen LogP contribution in [0.25, 0.3) is 0 Å². The maximum absolute atomic E-state index is 10.6. The van der Waals surface area contributed by atoms with E-state index in [1.807, 2.05) is 24.3 Å². The molecule has 2 saturated carbocycles. The molecule has 0 radical (unpaired) electrons. The van der Waals surface area contributed by atoms with Crippen molar-refractivity contribution in [3.8, 4) is 0 Å². The fraction of sp³-hybridized carbons (Fsp3) is 0.571. The Morgan fingerprint density at radius 3 is 1.67 bits per heavy atom. The number of benzene rings is 2. The maximum atomic E-state index is 10.6. The average molecular weight is 499 g/mol. The molecule has 2 aliphatic rings. The number of non-ortho nitro benzene ring substituents is 2. The van der Waals surface area contributed by atoms with Gasteiger partial charge >= 0.3 is 0 Å². The van der Waals surface area contributed by atoms with Gasteiger partial charge in [-0.1, -0.05) is 70.2 Å². The van der Waals surface area contributed by atoms with Gasteiger partial charge in [0.2, 0.25) is 0 Å². The zero-order chi connectivity index (χ0) is 25.0. The number of nitro benzene ring substituents is 2. The van der Waals surface area contributed by atoms with Crippen LogP contribution in [0.3, 0.4) is 0 Å². The molecule has 2 aromatic rings. The summed E-state index contributed by atoms with van der Waals surface area (Å²) in [7, 11) is 2.15. The molecule has 0 spiro atoms. The summed E-state index contributed by atoms with van der Waals surface area (Å²) in [5.74, 6) is 0. The van der Waals surface area contributed by atoms with Crippen LogP contribution in [-0.2, 0) is 13.1 Å². The van der Waals surface area contributed by atoms with Gasteiger partial charge < -0.3 is 5.32 Å². The number of hydrogen-bond donors (Lipinski definition) is 1. The first kappa shape index (κ1) is 29.4. The molecule has 198 valence electrons. The SMILES string of the molecule is C.CN(Cc1ccc([N+](=O)[O-])cc1)C1CCCCC1.O=[N+]([O-])c1ccc(CNC2CCCCC2)cc1. The van der Waals surface area contributed by atoms with Crippen LogP contribution >= 0.6 is 0 Å². The van der Waals surface area contributed by atoms with Crippen molar-refractivity contribution in [3.05, 3.63) is 79.9 Å². The van der Waals surface area contributed by atoms with Gasteiger partial charge in [-0.15, -0.1) is 0 Å². The van der Waals surface area contributed by atoms with Crippen molar-refractivity contribution in [1.82, 2.24) is 10.2 Å². The third-order valence-electron chi connectivity index (χ3n) is 7.12. The Morgan fingerprint density at radius 2 is 1.19 bits per heavy atom. The van der Waals surface area contributed by atoms with Gasteiger partial charge in [-0.25, -0.2) is 0 Å². The number of rotatable bonds is 8. The number of nitro groups is 2. The quantitative estimate of drug-likeness (QED) is 0.310. The van der Waals surface area contributed by atoms with Crippen LogP contribution in [0, 0.1) is 20.2 Å². The van der Waals surface area contributed by atoms with Crippen LogP contribution in [0.15, 0.2) is 48.5 Å². The second kappa shape index (κ2) is 15.3. The monoisotopic (exact) mass is 498 g/mol. The first-order valence-corrected chi connectivity index (χ1v) is 12.8. The molecule has 0 bridgehead atoms. The van der Waals surface area contributed by atoms with Crippen molar-refractivity contribution >= 4 is 11.4 Å². The van der Waals surface area contributed by atoms with E-state index in [0.29, 0.717) is 12.1 Å². The van der Waals surface area contributed by atoms with Gasteiger partial charge in [-0.2, -0.15) is 0 Å². The molecule has 2 aromatic carbocycles. The van der Waals surface area contributed by atoms with E-state index in [1.54, 1.807) is 24.3 Å². The van der Waals surface area contributed by atoms with Crippen LogP contribution in [0.1, 0.15) is 82.8 Å². The molecule has 1 N–H and O–H groups in total. The molecule has 8 heteroatoms. The molecule has 8 nitrogen and oxygen atoms in total. The Morgan fingerprint density at radius 1 is 0.750 bits per heavy atom. The van der Waals surface area contributed by atoms with E-state index < -0.39 is 0 Å². The highest BCUT2D eigenvalue weighted by Gasteiger charge is 2.18. The minimum Gasteiger partial charge on any atom is -0.310 e. The van der Waals surface area contributed by atoms with Crippen molar-refractivity contribution < 1.29 is 9.85 Å². The summed E-state index contributed by atoms with van der Waals surface area (Å²) in [6.45, 7) is 1.69. The molecule has 2 fully saturated rings. The fourth-order valence-electron chi connectivity index (χ4n) is 4.97. The molecule has 2 aliphatic carbocycles. The minimum atomic E-state index is -0.363. The molecule has 0 aromatic heterocycles. The molecular weight excluding hydrogens is 456 g/mol. The predicted molar refractivity (Wildman–Crippen MR) is 145 cm³/mol. The van der Waals surface area contributed by atoms with Crippen LogP contribution in [0.4, 0.5) is 11.4 Å². The van der Waals surface area contributed by atoms with Crippen molar-refractivity contribution in [2.45, 2.75) is 96.8 Å². The molecule has 0 amide bonds. The zero-order valence-electron chi connectivity index (χ0n) is 20.7. The minimum absolute atomic E-state index is 0. The Labute approximate surface area is 215 Å². The standard InChI is InChI=1S/C14H20N2O2.C13H18N2O2.CH4/c1-15(13-5-3-2-4-6-13)11-12-7-9-14(10-8-12)16(17)18;16-15(17)13-8-6-11(7-9-13)10-14-12-4-2-1-3-5-12;/h7-10,13H,2-6,11H2,1H3;6-9,12,14H,1-5,10H2;1H4. The largest absolute Gasteiger partial charge is 0.310 e. The lowest BCUT2D eigenvalue weighted by molar-refractivity contribution is -0.385. The topological polar surface area (TPSA) is 102 Å². The number of hydrogen-bond acceptors (Lipinski definition) is 6. The zero-order valence-corrected chi connectivity index (χ0v) is 20.7. The van der Waals surface area contributed by atoms with Crippen LogP contribution in [0.5, 0.6) is 0 Å². The van der Waals surface area contributed by atoms with Crippen molar-refractivity contribution in [2.24, 2.45) is 0 Å². The van der Waals surface area contributed by atoms with Crippen LogP contribution < -0.4 is 5.32 Å². The molecule has 0 heterocycles. The second-order valence-electron chi connectivity index (χ2n) is 9.77. The molecule has 0 saturated heterocycles. The van der Waals surface area contributed by atoms with Crippen molar-refractivity contribution in [3.63, 3.8) is 0 Å². The first-order valence-electron chi connectivity index (χ1n) is 12.8. The second-order valence-corrected chi connectivity index (χ2v) is 9.77. The Balaban J connectivity index is 0.000000247. The van der Waals surface area contributed by atoms with E-state index in [0.717, 1.165) is 24.2 Å². The molecule has 0 aliphatic heterocycles. The van der Waals surface area contributed by atoms with E-state index in [9.17, 15) is 20.2 Å². The average Bonchev–Trinajstić information content (AvgIpc) is 2.89. The summed E-state index contributed by atoms with van der Waals surface area (Å²) >= 11 is 0. The van der Waals surface area contributed by atoms with Crippen molar-refractivity contribution in [1.29, 1.82) is 0 Å². The molecule has 36 heavy (non-hydrogen) atoms. The van der Waals surface area contributed by atoms with Gasteiger partial charge in [0.05, 0.1) is 9.85 Å². The van der Waals surface area contributed by atoms with E-state index >= 15 is 0 Å². The van der Waals surface area contributed by atoms with Crippen LogP contribution in [-0.4, -0.2) is 33.9 Å². The third-order valence-corrected chi connectivity index (χ3v) is 7.12. The molecule has 4 rings (SSSR count). The smallest absolute Gasteiger partial charge is 0.269 e. The van der Waals surface area contributed by atoms with Gasteiger partial charge in [0, 0.05) is 49.4 Å². The maximum Gasteiger partial charge on any atom is 0.269 e. The third kappa shape index (κ3) is 9.66. The molecular formula is C28H42N4O4. The van der Waals surface area contributed by atoms with Crippen LogP contribution in [0.2, 0.25) is 0 Å². The highest BCUT2D eigenvalue weighted by atomic mass is 16.6. The molecule has 0 atom stereocenters. The van der Waals surface area contributed by atoms with Gasteiger partial charge in [0.25, 0.3) is 11.4 Å². The summed E-state index contributed by atoms with van der Waals surface area (Å²) < 4.78 is 0. The lowest BCUT2D eigenvalue weighted by Gasteiger charge is -2.31. The van der Waals surface area contributed by atoms with Gasteiger partial charge in [-0.05, 0) is 43.9 Å². The van der Waals surface area contributed by atoms with E-state index in [1.165, 1.54) is 64.2 Å². The fourth-order valence-corrected chi connectivity index (χ4v) is 4.97. The van der Waals surface area contributed by atoms with Crippen molar-refractivity contribution in [2.75, 3.05) is 7.05 Å². The van der Waals surface area contributed by atoms with Gasteiger partial charge in [-0.3, -0.25) is 25.1 Å². The lowest BCUT2D eigenvalue weighted by atomic mass is 9.94. The van der Waals surface area contributed by atoms with Gasteiger partial charge in [0.15, 0.2) is 0 Å². The first-order chi connectivity index (χ1) is 16.9. The highest BCUT2D eigenvalue weighted by Crippen LogP contribution is 2.23. The summed E-state index contributed by atoms with van der Waals surface area (Å²) in [5, 5.41) is 24.6. The lowest BCUT2D eigenvalue weighted by Crippen LogP contribution is -2.32.